The molecular formula is C24H21FN8O4. The van der Waals surface area contributed by atoms with Crippen LogP contribution in [0.5, 0.6) is 0 Å². The van der Waals surface area contributed by atoms with E-state index in [-0.39, 0.29) is 46.8 Å². The van der Waals surface area contributed by atoms with Gasteiger partial charge >= 0.3 is 0 Å². The van der Waals surface area contributed by atoms with Gasteiger partial charge in [0, 0.05) is 18.3 Å². The van der Waals surface area contributed by atoms with Crippen molar-refractivity contribution in [3.05, 3.63) is 81.9 Å². The highest BCUT2D eigenvalue weighted by atomic mass is 19.1. The smallest absolute Gasteiger partial charge is 0.280 e. The number of carbonyl (C=O) groups excluding carboxylic acids is 3. The van der Waals surface area contributed by atoms with Crippen molar-refractivity contribution in [2.75, 3.05) is 10.6 Å². The second-order valence-electron chi connectivity index (χ2n) is 8.62. The first-order valence-electron chi connectivity index (χ1n) is 11.3. The van der Waals surface area contributed by atoms with Crippen LogP contribution in [-0.2, 0) is 17.9 Å². The Hall–Kier alpha value is -4.94. The van der Waals surface area contributed by atoms with Gasteiger partial charge in [0.2, 0.25) is 5.91 Å². The summed E-state index contributed by atoms with van der Waals surface area (Å²) >= 11 is 0. The number of hydrogen-bond donors (Lipinski definition) is 2. The standard InChI is InChI=1S/C24H21FN8O4/c1-13(2)31-11-15-21(24(31)37)32(12-19(34)28-18-7-6-14(25)10-27-18)20-9-16(30-33(20)23(15)36)22(35)29-17-5-3-4-8-26-17/h3-10,13H,11-12H2,1-2H3,(H,26,29,35)(H,27,28,34). The first-order valence-corrected chi connectivity index (χ1v) is 11.3. The maximum atomic E-state index is 13.3. The molecule has 0 saturated heterocycles. The molecular weight excluding hydrogens is 483 g/mol. The average molecular weight is 504 g/mol. The fourth-order valence-electron chi connectivity index (χ4n) is 4.07. The Morgan fingerprint density at radius 1 is 1.08 bits per heavy atom. The van der Waals surface area contributed by atoms with Crippen molar-refractivity contribution in [2.24, 2.45) is 0 Å². The van der Waals surface area contributed by atoms with E-state index in [0.717, 1.165) is 16.8 Å². The van der Waals surface area contributed by atoms with E-state index < -0.39 is 35.6 Å². The minimum Gasteiger partial charge on any atom is -0.330 e. The van der Waals surface area contributed by atoms with Gasteiger partial charge in [-0.1, -0.05) is 6.07 Å². The summed E-state index contributed by atoms with van der Waals surface area (Å²) in [5.74, 6) is -1.78. The molecule has 5 heterocycles. The first kappa shape index (κ1) is 23.8. The second kappa shape index (κ2) is 9.26. The number of nitrogens with zero attached hydrogens (tertiary/aromatic N) is 6. The lowest BCUT2D eigenvalue weighted by Crippen LogP contribution is -2.32. The van der Waals surface area contributed by atoms with Crippen molar-refractivity contribution in [3.8, 4) is 0 Å². The van der Waals surface area contributed by atoms with Gasteiger partial charge in [-0.3, -0.25) is 19.2 Å². The molecule has 13 heteroatoms. The number of fused-ring (bicyclic) bond motifs is 2. The van der Waals surface area contributed by atoms with Crippen molar-refractivity contribution in [1.82, 2.24) is 29.0 Å². The highest BCUT2D eigenvalue weighted by Crippen LogP contribution is 2.24. The zero-order chi connectivity index (χ0) is 26.3. The number of pyridine rings is 2. The monoisotopic (exact) mass is 504 g/mol. The maximum absolute atomic E-state index is 13.3. The summed E-state index contributed by atoms with van der Waals surface area (Å²) in [5, 5.41) is 9.31. The van der Waals surface area contributed by atoms with Gasteiger partial charge < -0.3 is 20.1 Å². The molecule has 0 radical (unpaired) electrons. The van der Waals surface area contributed by atoms with Crippen LogP contribution < -0.4 is 16.2 Å². The van der Waals surface area contributed by atoms with Crippen molar-refractivity contribution in [1.29, 1.82) is 0 Å². The van der Waals surface area contributed by atoms with Gasteiger partial charge in [-0.05, 0) is 38.1 Å². The minimum atomic E-state index is -0.622. The summed E-state index contributed by atoms with van der Waals surface area (Å²) in [4.78, 5) is 61.7. The molecule has 1 aliphatic rings. The van der Waals surface area contributed by atoms with Crippen LogP contribution in [0.15, 0.2) is 53.6 Å². The zero-order valence-electron chi connectivity index (χ0n) is 19.8. The molecule has 2 N–H and O–H groups in total. The van der Waals surface area contributed by atoms with Crippen LogP contribution in [0.3, 0.4) is 0 Å². The molecule has 0 aromatic carbocycles. The predicted octanol–water partition coefficient (Wildman–Crippen LogP) is 1.68. The highest BCUT2D eigenvalue weighted by Gasteiger charge is 2.36. The largest absolute Gasteiger partial charge is 0.330 e. The fraction of sp³-hybridized carbons (Fsp3) is 0.208. The average Bonchev–Trinajstić information content (AvgIpc) is 3.47. The number of carbonyl (C=O) groups is 3. The summed E-state index contributed by atoms with van der Waals surface area (Å²) in [6, 6.07) is 8.55. The number of rotatable bonds is 6. The van der Waals surface area contributed by atoms with Gasteiger partial charge in [0.05, 0.1) is 18.3 Å². The Labute approximate surface area is 208 Å². The summed E-state index contributed by atoms with van der Waals surface area (Å²) in [7, 11) is 0. The third kappa shape index (κ3) is 4.42. The van der Waals surface area contributed by atoms with Gasteiger partial charge in [0.25, 0.3) is 17.4 Å². The second-order valence-corrected chi connectivity index (χ2v) is 8.62. The van der Waals surface area contributed by atoms with Crippen molar-refractivity contribution in [3.63, 3.8) is 0 Å². The number of nitrogens with one attached hydrogen (secondary N) is 2. The number of halogens is 1. The molecule has 5 rings (SSSR count). The van der Waals surface area contributed by atoms with Crippen molar-refractivity contribution >= 4 is 35.0 Å². The number of anilines is 2. The Balaban J connectivity index is 1.57. The van der Waals surface area contributed by atoms with E-state index in [0.29, 0.717) is 0 Å². The molecule has 12 nitrogen and oxygen atoms in total. The molecule has 3 amide bonds. The molecule has 188 valence electrons. The molecule has 0 fully saturated rings. The van der Waals surface area contributed by atoms with Crippen LogP contribution in [0.2, 0.25) is 0 Å². The van der Waals surface area contributed by atoms with Crippen LogP contribution >= 0.6 is 0 Å². The Morgan fingerprint density at radius 2 is 1.86 bits per heavy atom. The van der Waals surface area contributed by atoms with E-state index >= 15 is 0 Å². The lowest BCUT2D eigenvalue weighted by Gasteiger charge is -2.20. The summed E-state index contributed by atoms with van der Waals surface area (Å²) in [6.45, 7) is 3.28. The topological polar surface area (TPSA) is 144 Å². The van der Waals surface area contributed by atoms with E-state index in [2.05, 4.69) is 25.7 Å². The van der Waals surface area contributed by atoms with Crippen LogP contribution in [0.25, 0.3) is 5.65 Å². The van der Waals surface area contributed by atoms with Crippen LogP contribution in [0, 0.1) is 5.82 Å². The molecule has 0 atom stereocenters. The van der Waals surface area contributed by atoms with Gasteiger partial charge in [-0.15, -0.1) is 0 Å². The van der Waals surface area contributed by atoms with E-state index in [1.807, 2.05) is 13.8 Å². The molecule has 0 aliphatic carbocycles. The molecule has 1 aliphatic heterocycles. The Bertz CT molecular complexity index is 1600. The Morgan fingerprint density at radius 3 is 2.54 bits per heavy atom. The van der Waals surface area contributed by atoms with Gasteiger partial charge in [0.15, 0.2) is 5.69 Å². The lowest BCUT2D eigenvalue weighted by molar-refractivity contribution is -0.116. The van der Waals surface area contributed by atoms with Crippen molar-refractivity contribution < 1.29 is 18.8 Å². The molecule has 37 heavy (non-hydrogen) atoms. The van der Waals surface area contributed by atoms with Crippen molar-refractivity contribution in [2.45, 2.75) is 33.0 Å². The minimum absolute atomic E-state index is 0.0388. The zero-order valence-corrected chi connectivity index (χ0v) is 19.8. The van der Waals surface area contributed by atoms with Gasteiger partial charge in [-0.25, -0.2) is 14.4 Å². The van der Waals surface area contributed by atoms with E-state index in [4.69, 9.17) is 0 Å². The summed E-state index contributed by atoms with van der Waals surface area (Å²) in [5.41, 5.74) is -0.371. The maximum Gasteiger partial charge on any atom is 0.280 e. The van der Waals surface area contributed by atoms with E-state index in [1.165, 1.54) is 27.8 Å². The molecule has 0 saturated carbocycles. The summed E-state index contributed by atoms with van der Waals surface area (Å²) in [6.07, 6.45) is 2.46. The molecule has 4 aromatic rings. The Kier molecular flexibility index (Phi) is 5.95. The third-order valence-corrected chi connectivity index (χ3v) is 5.82. The van der Waals surface area contributed by atoms with Gasteiger partial charge in [-0.2, -0.15) is 9.61 Å². The molecule has 0 spiro atoms. The normalized spacial score (nSPS) is 12.8. The fourth-order valence-corrected chi connectivity index (χ4v) is 4.07. The van der Waals surface area contributed by atoms with Crippen LogP contribution in [0.1, 0.15) is 40.4 Å². The highest BCUT2D eigenvalue weighted by molar-refractivity contribution is 6.03. The lowest BCUT2D eigenvalue weighted by atomic mass is 10.2. The molecule has 0 unspecified atom stereocenters. The molecule has 4 aromatic heterocycles. The van der Waals surface area contributed by atoms with Crippen LogP contribution in [0.4, 0.5) is 16.0 Å². The number of hydrogen-bond acceptors (Lipinski definition) is 7. The number of aromatic nitrogens is 5. The van der Waals surface area contributed by atoms with E-state index in [9.17, 15) is 23.6 Å². The third-order valence-electron chi connectivity index (χ3n) is 5.82. The van der Waals surface area contributed by atoms with Gasteiger partial charge in [0.1, 0.15) is 35.3 Å². The van der Waals surface area contributed by atoms with Crippen LogP contribution in [-0.4, -0.2) is 52.8 Å². The first-order chi connectivity index (χ1) is 17.7. The quantitative estimate of drug-likeness (QED) is 0.407. The SMILES string of the molecule is CC(C)N1Cc2c(n(CC(=O)Nc3ccc(F)cn3)c3cc(C(=O)Nc4ccccn4)nn3c2=O)C1=O. The number of amides is 3. The predicted molar refractivity (Wildman–Crippen MR) is 129 cm³/mol. The van der Waals surface area contributed by atoms with E-state index in [1.54, 1.807) is 18.2 Å². The summed E-state index contributed by atoms with van der Waals surface area (Å²) < 4.78 is 15.5. The molecule has 0 bridgehead atoms.